The molecule has 0 amide bonds. The third-order valence-electron chi connectivity index (χ3n) is 1.24. The zero-order chi connectivity index (χ0) is 7.94. The van der Waals surface area contributed by atoms with E-state index in [0.717, 1.165) is 24.8 Å². The molecule has 4 heteroatoms. The summed E-state index contributed by atoms with van der Waals surface area (Å²) in [4.78, 5) is 6.79. The number of halogens is 1. The Labute approximate surface area is 74.3 Å². The summed E-state index contributed by atoms with van der Waals surface area (Å²) in [7, 11) is 0. The molecule has 0 spiro atoms. The zero-order valence-electron chi connectivity index (χ0n) is 6.22. The van der Waals surface area contributed by atoms with Crippen LogP contribution in [-0.2, 0) is 0 Å². The lowest BCUT2D eigenvalue weighted by Gasteiger charge is -1.99. The molecule has 11 heavy (non-hydrogen) atoms. The van der Waals surface area contributed by atoms with E-state index in [1.807, 2.05) is 0 Å². The molecular weight excluding hydrogens is 208 g/mol. The van der Waals surface area contributed by atoms with Crippen LogP contribution in [-0.4, -0.2) is 21.9 Å². The fraction of sp³-hybridized carbons (Fsp3) is 0.571. The number of imidazole rings is 1. The van der Waals surface area contributed by atoms with Gasteiger partial charge >= 0.3 is 0 Å². The van der Waals surface area contributed by atoms with Crippen molar-refractivity contribution in [3.05, 3.63) is 12.4 Å². The number of aromatic amines is 1. The summed E-state index contributed by atoms with van der Waals surface area (Å²) >= 11 is 3.35. The minimum atomic E-state index is 0.611. The van der Waals surface area contributed by atoms with E-state index >= 15 is 0 Å². The second-order valence-corrected chi connectivity index (χ2v) is 2.93. The summed E-state index contributed by atoms with van der Waals surface area (Å²) < 4.78 is 5.26. The molecule has 0 aliphatic rings. The van der Waals surface area contributed by atoms with Crippen molar-refractivity contribution in [2.45, 2.75) is 12.8 Å². The average molecular weight is 219 g/mol. The first-order chi connectivity index (χ1) is 5.43. The van der Waals surface area contributed by atoms with Crippen molar-refractivity contribution in [2.24, 2.45) is 0 Å². The van der Waals surface area contributed by atoms with Gasteiger partial charge in [-0.1, -0.05) is 15.9 Å². The molecule has 1 aromatic rings. The molecule has 1 N–H and O–H groups in total. The smallest absolute Gasteiger partial charge is 0.293 e. The molecule has 0 saturated heterocycles. The van der Waals surface area contributed by atoms with Crippen LogP contribution in [0.3, 0.4) is 0 Å². The third kappa shape index (κ3) is 3.41. The van der Waals surface area contributed by atoms with E-state index in [1.54, 1.807) is 12.4 Å². The number of rotatable bonds is 5. The minimum Gasteiger partial charge on any atom is -0.465 e. The Bertz CT molecular complexity index is 177. The molecule has 0 radical (unpaired) electrons. The topological polar surface area (TPSA) is 37.9 Å². The SMILES string of the molecule is BrCCCCOc1ncc[nH]1. The number of nitrogens with zero attached hydrogens (tertiary/aromatic N) is 1. The van der Waals surface area contributed by atoms with E-state index < -0.39 is 0 Å². The first-order valence-electron chi connectivity index (χ1n) is 3.61. The van der Waals surface area contributed by atoms with Gasteiger partial charge < -0.3 is 9.72 Å². The predicted octanol–water partition coefficient (Wildman–Crippen LogP) is 1.96. The largest absolute Gasteiger partial charge is 0.465 e. The molecule has 0 aliphatic heterocycles. The van der Waals surface area contributed by atoms with Crippen LogP contribution in [0.4, 0.5) is 0 Å². The molecule has 3 nitrogen and oxygen atoms in total. The Morgan fingerprint density at radius 1 is 1.55 bits per heavy atom. The standard InChI is InChI=1S/C7H11BrN2O/c8-3-1-2-6-11-7-9-4-5-10-7/h4-5H,1-3,6H2,(H,9,10). The van der Waals surface area contributed by atoms with Crippen molar-refractivity contribution in [3.63, 3.8) is 0 Å². The zero-order valence-corrected chi connectivity index (χ0v) is 7.80. The van der Waals surface area contributed by atoms with Gasteiger partial charge in [0.25, 0.3) is 6.01 Å². The van der Waals surface area contributed by atoms with Gasteiger partial charge in [0.15, 0.2) is 0 Å². The lowest BCUT2D eigenvalue weighted by Crippen LogP contribution is -1.98. The molecule has 1 aromatic heterocycles. The van der Waals surface area contributed by atoms with Gasteiger partial charge in [-0.3, -0.25) is 0 Å². The van der Waals surface area contributed by atoms with Gasteiger partial charge in [-0.05, 0) is 12.8 Å². The number of hydrogen-bond acceptors (Lipinski definition) is 2. The second-order valence-electron chi connectivity index (χ2n) is 2.14. The van der Waals surface area contributed by atoms with Gasteiger partial charge in [0.05, 0.1) is 6.61 Å². The van der Waals surface area contributed by atoms with Crippen LogP contribution in [0, 0.1) is 0 Å². The van der Waals surface area contributed by atoms with Crippen molar-refractivity contribution in [2.75, 3.05) is 11.9 Å². The monoisotopic (exact) mass is 218 g/mol. The van der Waals surface area contributed by atoms with E-state index in [-0.39, 0.29) is 0 Å². The molecule has 0 bridgehead atoms. The van der Waals surface area contributed by atoms with Crippen molar-refractivity contribution in [1.82, 2.24) is 9.97 Å². The molecule has 1 heterocycles. The summed E-state index contributed by atoms with van der Waals surface area (Å²) in [6.45, 7) is 0.735. The second kappa shape index (κ2) is 5.18. The molecule has 0 aromatic carbocycles. The Hall–Kier alpha value is -0.510. The Morgan fingerprint density at radius 2 is 2.45 bits per heavy atom. The van der Waals surface area contributed by atoms with E-state index in [1.165, 1.54) is 0 Å². The quantitative estimate of drug-likeness (QED) is 0.607. The molecule has 0 fully saturated rings. The van der Waals surface area contributed by atoms with Crippen LogP contribution in [0.25, 0.3) is 0 Å². The van der Waals surface area contributed by atoms with Gasteiger partial charge in [0, 0.05) is 17.7 Å². The normalized spacial score (nSPS) is 9.91. The summed E-state index contributed by atoms with van der Waals surface area (Å²) in [6, 6.07) is 0.611. The Balaban J connectivity index is 2.04. The molecule has 1 rings (SSSR count). The number of aromatic nitrogens is 2. The number of hydrogen-bond donors (Lipinski definition) is 1. The summed E-state index contributed by atoms with van der Waals surface area (Å²) in [5.41, 5.74) is 0. The molecule has 0 atom stereocenters. The van der Waals surface area contributed by atoms with Gasteiger partial charge in [-0.15, -0.1) is 0 Å². The number of ether oxygens (including phenoxy) is 1. The fourth-order valence-electron chi connectivity index (χ4n) is 0.695. The number of H-pyrrole nitrogens is 1. The molecule has 0 aliphatic carbocycles. The highest BCUT2D eigenvalue weighted by atomic mass is 79.9. The average Bonchev–Trinajstić information content (AvgIpc) is 2.50. The fourth-order valence-corrected chi connectivity index (χ4v) is 1.09. The molecule has 0 saturated carbocycles. The van der Waals surface area contributed by atoms with Crippen LogP contribution in [0.1, 0.15) is 12.8 Å². The van der Waals surface area contributed by atoms with Crippen LogP contribution in [0.5, 0.6) is 6.01 Å². The maximum absolute atomic E-state index is 5.26. The highest BCUT2D eigenvalue weighted by Crippen LogP contribution is 2.00. The molecule has 0 unspecified atom stereocenters. The van der Waals surface area contributed by atoms with Gasteiger partial charge in [-0.2, -0.15) is 0 Å². The van der Waals surface area contributed by atoms with Gasteiger partial charge in [0.1, 0.15) is 0 Å². The lowest BCUT2D eigenvalue weighted by molar-refractivity contribution is 0.288. The highest BCUT2D eigenvalue weighted by molar-refractivity contribution is 9.09. The lowest BCUT2D eigenvalue weighted by atomic mass is 10.4. The molecule has 62 valence electrons. The van der Waals surface area contributed by atoms with E-state index in [4.69, 9.17) is 4.74 Å². The Kier molecular flexibility index (Phi) is 4.04. The summed E-state index contributed by atoms with van der Waals surface area (Å²) in [6.07, 6.45) is 5.63. The maximum atomic E-state index is 5.26. The minimum absolute atomic E-state index is 0.611. The van der Waals surface area contributed by atoms with E-state index in [2.05, 4.69) is 25.9 Å². The number of nitrogens with one attached hydrogen (secondary N) is 1. The van der Waals surface area contributed by atoms with E-state index in [0.29, 0.717) is 6.01 Å². The number of unbranched alkanes of at least 4 members (excludes halogenated alkanes) is 1. The highest BCUT2D eigenvalue weighted by Gasteiger charge is 1.92. The van der Waals surface area contributed by atoms with Crippen molar-refractivity contribution >= 4 is 15.9 Å². The summed E-state index contributed by atoms with van der Waals surface area (Å²) in [5, 5.41) is 1.04. The van der Waals surface area contributed by atoms with Gasteiger partial charge in [-0.25, -0.2) is 4.98 Å². The van der Waals surface area contributed by atoms with Crippen LogP contribution in [0.15, 0.2) is 12.4 Å². The van der Waals surface area contributed by atoms with Crippen molar-refractivity contribution in [3.8, 4) is 6.01 Å². The Morgan fingerprint density at radius 3 is 3.09 bits per heavy atom. The van der Waals surface area contributed by atoms with Gasteiger partial charge in [0.2, 0.25) is 0 Å². The van der Waals surface area contributed by atoms with Crippen LogP contribution >= 0.6 is 15.9 Å². The molecular formula is C7H11BrN2O. The van der Waals surface area contributed by atoms with E-state index in [9.17, 15) is 0 Å². The van der Waals surface area contributed by atoms with Crippen LogP contribution in [0.2, 0.25) is 0 Å². The first-order valence-corrected chi connectivity index (χ1v) is 4.74. The van der Waals surface area contributed by atoms with Crippen molar-refractivity contribution in [1.29, 1.82) is 0 Å². The maximum Gasteiger partial charge on any atom is 0.293 e. The summed E-state index contributed by atoms with van der Waals surface area (Å²) in [5.74, 6) is 0. The van der Waals surface area contributed by atoms with Crippen molar-refractivity contribution < 1.29 is 4.74 Å². The third-order valence-corrected chi connectivity index (χ3v) is 1.80. The number of alkyl halides is 1. The predicted molar refractivity (Wildman–Crippen MR) is 47.1 cm³/mol. The van der Waals surface area contributed by atoms with Crippen LogP contribution < -0.4 is 4.74 Å². The first kappa shape index (κ1) is 8.59.